The maximum atomic E-state index is 12.4. The van der Waals surface area contributed by atoms with Gasteiger partial charge in [0.15, 0.2) is 5.69 Å². The van der Waals surface area contributed by atoms with Crippen molar-refractivity contribution in [2.24, 2.45) is 0 Å². The molecule has 0 saturated carbocycles. The van der Waals surface area contributed by atoms with E-state index in [0.29, 0.717) is 11.5 Å². The molecule has 0 unspecified atom stereocenters. The molecule has 0 aliphatic heterocycles. The highest BCUT2D eigenvalue weighted by molar-refractivity contribution is 6.02. The van der Waals surface area contributed by atoms with Crippen LogP contribution in [0.25, 0.3) is 5.69 Å². The van der Waals surface area contributed by atoms with E-state index in [0.717, 1.165) is 11.4 Å². The predicted octanol–water partition coefficient (Wildman–Crippen LogP) is 3.66. The Labute approximate surface area is 155 Å². The third-order valence-electron chi connectivity index (χ3n) is 3.78. The molecule has 0 aliphatic rings. The molecule has 2 aromatic carbocycles. The predicted molar refractivity (Wildman–Crippen MR) is 103 cm³/mol. The Kier molecular flexibility index (Phi) is 4.57. The van der Waals surface area contributed by atoms with Gasteiger partial charge in [0, 0.05) is 5.69 Å². The van der Waals surface area contributed by atoms with Crippen LogP contribution in [0.3, 0.4) is 0 Å². The van der Waals surface area contributed by atoms with E-state index in [9.17, 15) is 4.79 Å². The molecule has 0 aliphatic carbocycles. The lowest BCUT2D eigenvalue weighted by atomic mass is 10.3. The van der Waals surface area contributed by atoms with Crippen molar-refractivity contribution >= 4 is 23.1 Å². The Bertz CT molecular complexity index is 1030. The number of pyridine rings is 1. The number of carbonyl (C=O) groups is 1. The summed E-state index contributed by atoms with van der Waals surface area (Å²) in [6, 6.07) is 22.7. The fraction of sp³-hybridized carbons (Fsp3) is 0. The second kappa shape index (κ2) is 7.49. The van der Waals surface area contributed by atoms with Crippen LogP contribution in [0, 0.1) is 0 Å². The Morgan fingerprint density at radius 3 is 2.26 bits per heavy atom. The van der Waals surface area contributed by atoms with Crippen LogP contribution in [0.4, 0.5) is 17.2 Å². The van der Waals surface area contributed by atoms with E-state index in [-0.39, 0.29) is 11.6 Å². The van der Waals surface area contributed by atoms with E-state index in [1.807, 2.05) is 60.7 Å². The summed E-state index contributed by atoms with van der Waals surface area (Å²) in [5.74, 6) is 0.344. The van der Waals surface area contributed by atoms with E-state index in [1.54, 1.807) is 18.3 Å². The minimum Gasteiger partial charge on any atom is -0.340 e. The molecule has 2 N–H and O–H groups in total. The summed E-state index contributed by atoms with van der Waals surface area (Å²) in [5, 5.41) is 14.3. The Hall–Kier alpha value is -4.00. The van der Waals surface area contributed by atoms with Crippen molar-refractivity contribution in [1.82, 2.24) is 20.0 Å². The molecule has 2 heterocycles. The van der Waals surface area contributed by atoms with Crippen LogP contribution in [0.5, 0.6) is 0 Å². The Morgan fingerprint density at radius 1 is 0.815 bits per heavy atom. The van der Waals surface area contributed by atoms with Crippen molar-refractivity contribution in [3.8, 4) is 5.69 Å². The Balaban J connectivity index is 1.42. The molecule has 0 spiro atoms. The van der Waals surface area contributed by atoms with Crippen molar-refractivity contribution in [2.75, 3.05) is 10.6 Å². The number of aromatic nitrogens is 4. The van der Waals surface area contributed by atoms with Crippen LogP contribution in [0.2, 0.25) is 0 Å². The minimum atomic E-state index is -0.345. The molecule has 0 bridgehead atoms. The average molecular weight is 356 g/mol. The van der Waals surface area contributed by atoms with E-state index < -0.39 is 0 Å². The third-order valence-corrected chi connectivity index (χ3v) is 3.78. The van der Waals surface area contributed by atoms with Crippen LogP contribution in [0.15, 0.2) is 85.2 Å². The molecule has 7 nitrogen and oxygen atoms in total. The molecule has 4 aromatic rings. The maximum Gasteiger partial charge on any atom is 0.277 e. The van der Waals surface area contributed by atoms with Gasteiger partial charge < -0.3 is 10.6 Å². The zero-order valence-corrected chi connectivity index (χ0v) is 14.3. The first-order valence-electron chi connectivity index (χ1n) is 8.35. The highest BCUT2D eigenvalue weighted by Crippen LogP contribution is 2.16. The SMILES string of the molecule is O=C(Nc1ccc(Nc2ccccc2)nc1)c1cnn(-c2ccccc2)n1. The first-order chi connectivity index (χ1) is 13.3. The summed E-state index contributed by atoms with van der Waals surface area (Å²) in [4.78, 5) is 18.1. The van der Waals surface area contributed by atoms with Crippen molar-refractivity contribution in [3.63, 3.8) is 0 Å². The quantitative estimate of drug-likeness (QED) is 0.570. The average Bonchev–Trinajstić information content (AvgIpc) is 3.21. The second-order valence-electron chi connectivity index (χ2n) is 5.73. The van der Waals surface area contributed by atoms with Crippen LogP contribution in [-0.4, -0.2) is 25.9 Å². The number of para-hydroxylation sites is 2. The maximum absolute atomic E-state index is 12.4. The molecule has 0 saturated heterocycles. The van der Waals surface area contributed by atoms with Crippen LogP contribution in [-0.2, 0) is 0 Å². The monoisotopic (exact) mass is 356 g/mol. The van der Waals surface area contributed by atoms with Crippen LogP contribution >= 0.6 is 0 Å². The normalized spacial score (nSPS) is 10.4. The number of benzene rings is 2. The number of nitrogens with zero attached hydrogens (tertiary/aromatic N) is 4. The van der Waals surface area contributed by atoms with Crippen LogP contribution < -0.4 is 10.6 Å². The molecule has 1 amide bonds. The van der Waals surface area contributed by atoms with Gasteiger partial charge in [0.25, 0.3) is 5.91 Å². The van der Waals surface area contributed by atoms with Gasteiger partial charge in [-0.15, -0.1) is 5.10 Å². The summed E-state index contributed by atoms with van der Waals surface area (Å²) in [7, 11) is 0. The number of anilines is 3. The zero-order valence-electron chi connectivity index (χ0n) is 14.3. The van der Waals surface area contributed by atoms with E-state index in [2.05, 4.69) is 25.8 Å². The van der Waals surface area contributed by atoms with Crippen LogP contribution in [0.1, 0.15) is 10.5 Å². The van der Waals surface area contributed by atoms with Gasteiger partial charge in [-0.3, -0.25) is 4.79 Å². The molecule has 27 heavy (non-hydrogen) atoms. The highest BCUT2D eigenvalue weighted by Gasteiger charge is 2.12. The number of hydrogen-bond acceptors (Lipinski definition) is 5. The van der Waals surface area contributed by atoms with Gasteiger partial charge in [-0.25, -0.2) is 4.98 Å². The lowest BCUT2D eigenvalue weighted by molar-refractivity contribution is 0.102. The van der Waals surface area contributed by atoms with E-state index in [4.69, 9.17) is 0 Å². The fourth-order valence-corrected chi connectivity index (χ4v) is 2.46. The molecule has 2 aromatic heterocycles. The molecule has 0 atom stereocenters. The van der Waals surface area contributed by atoms with Crippen molar-refractivity contribution < 1.29 is 4.79 Å². The number of amides is 1. The lowest BCUT2D eigenvalue weighted by Gasteiger charge is -2.07. The molecule has 0 fully saturated rings. The highest BCUT2D eigenvalue weighted by atomic mass is 16.2. The molecule has 7 heteroatoms. The number of carbonyl (C=O) groups excluding carboxylic acids is 1. The third kappa shape index (κ3) is 3.98. The van der Waals surface area contributed by atoms with Gasteiger partial charge in [0.2, 0.25) is 0 Å². The number of nitrogens with one attached hydrogen (secondary N) is 2. The van der Waals surface area contributed by atoms with E-state index in [1.165, 1.54) is 11.0 Å². The largest absolute Gasteiger partial charge is 0.340 e. The topological polar surface area (TPSA) is 84.7 Å². The first kappa shape index (κ1) is 16.5. The number of hydrogen-bond donors (Lipinski definition) is 2. The van der Waals surface area contributed by atoms with Gasteiger partial charge in [-0.1, -0.05) is 36.4 Å². The molecule has 132 valence electrons. The summed E-state index contributed by atoms with van der Waals surface area (Å²) in [6.45, 7) is 0. The molecular formula is C20H16N6O. The van der Waals surface area contributed by atoms with E-state index >= 15 is 0 Å². The molecule has 0 radical (unpaired) electrons. The summed E-state index contributed by atoms with van der Waals surface area (Å²) < 4.78 is 0. The number of rotatable bonds is 5. The van der Waals surface area contributed by atoms with Gasteiger partial charge in [0.1, 0.15) is 5.82 Å². The summed E-state index contributed by atoms with van der Waals surface area (Å²) in [5.41, 5.74) is 2.53. The smallest absolute Gasteiger partial charge is 0.277 e. The van der Waals surface area contributed by atoms with Gasteiger partial charge in [0.05, 0.1) is 23.8 Å². The second-order valence-corrected chi connectivity index (χ2v) is 5.73. The summed E-state index contributed by atoms with van der Waals surface area (Å²) >= 11 is 0. The lowest BCUT2D eigenvalue weighted by Crippen LogP contribution is -2.13. The fourth-order valence-electron chi connectivity index (χ4n) is 2.46. The summed E-state index contributed by atoms with van der Waals surface area (Å²) in [6.07, 6.45) is 3.02. The van der Waals surface area contributed by atoms with Crippen molar-refractivity contribution in [1.29, 1.82) is 0 Å². The zero-order chi connectivity index (χ0) is 18.5. The van der Waals surface area contributed by atoms with Gasteiger partial charge in [-0.05, 0) is 36.4 Å². The Morgan fingerprint density at radius 2 is 1.56 bits per heavy atom. The standard InChI is InChI=1S/C20H16N6O/c27-20(18-14-22-26(25-18)17-9-5-2-6-10-17)24-16-11-12-19(21-13-16)23-15-7-3-1-4-8-15/h1-14H,(H,21,23)(H,24,27). The molecular weight excluding hydrogens is 340 g/mol. The molecule has 4 rings (SSSR count). The van der Waals surface area contributed by atoms with Gasteiger partial charge >= 0.3 is 0 Å². The van der Waals surface area contributed by atoms with Gasteiger partial charge in [-0.2, -0.15) is 9.90 Å². The first-order valence-corrected chi connectivity index (χ1v) is 8.35. The van der Waals surface area contributed by atoms with Crippen molar-refractivity contribution in [3.05, 3.63) is 90.9 Å². The minimum absolute atomic E-state index is 0.227. The van der Waals surface area contributed by atoms with Crippen molar-refractivity contribution in [2.45, 2.75) is 0 Å².